The van der Waals surface area contributed by atoms with Crippen LogP contribution >= 0.6 is 0 Å². The summed E-state index contributed by atoms with van der Waals surface area (Å²) in [5.41, 5.74) is 8.71. The summed E-state index contributed by atoms with van der Waals surface area (Å²) in [6, 6.07) is 11.4. The van der Waals surface area contributed by atoms with Gasteiger partial charge in [-0.1, -0.05) is 39.0 Å². The molecule has 2 aliphatic rings. The summed E-state index contributed by atoms with van der Waals surface area (Å²) in [6.45, 7) is 10.8. The molecule has 3 amide bonds. The summed E-state index contributed by atoms with van der Waals surface area (Å²) in [5, 5.41) is 3.71. The van der Waals surface area contributed by atoms with Gasteiger partial charge in [0.05, 0.1) is 29.9 Å². The van der Waals surface area contributed by atoms with Gasteiger partial charge in [0.1, 0.15) is 0 Å². The minimum Gasteiger partial charge on any atom is -0.494 e. The van der Waals surface area contributed by atoms with Gasteiger partial charge in [-0.25, -0.2) is 4.79 Å². The number of ether oxygens (including phenoxy) is 2. The molecule has 0 bridgehead atoms. The summed E-state index contributed by atoms with van der Waals surface area (Å²) in [4.78, 5) is 44.9. The number of fused-ring (bicyclic) bond motifs is 1. The van der Waals surface area contributed by atoms with E-state index in [2.05, 4.69) is 21.2 Å². The number of benzene rings is 2. The number of carbonyl (C=O) groups is 3. The van der Waals surface area contributed by atoms with Gasteiger partial charge in [0.2, 0.25) is 11.8 Å². The highest BCUT2D eigenvalue weighted by molar-refractivity contribution is 6.00. The molecule has 3 aromatic rings. The van der Waals surface area contributed by atoms with E-state index in [0.29, 0.717) is 11.6 Å². The van der Waals surface area contributed by atoms with Crippen LogP contribution in [-0.4, -0.2) is 90.1 Å². The maximum Gasteiger partial charge on any atom is 0.418 e. The van der Waals surface area contributed by atoms with Crippen molar-refractivity contribution in [3.05, 3.63) is 53.1 Å². The van der Waals surface area contributed by atoms with Crippen LogP contribution in [0.5, 0.6) is 11.6 Å². The van der Waals surface area contributed by atoms with Crippen molar-refractivity contribution in [2.45, 2.75) is 51.6 Å². The number of methoxy groups -OCH3 is 1. The first-order chi connectivity index (χ1) is 20.9. The Morgan fingerprint density at radius 1 is 1.02 bits per heavy atom. The van der Waals surface area contributed by atoms with Gasteiger partial charge < -0.3 is 24.7 Å². The molecule has 2 fully saturated rings. The Kier molecular flexibility index (Phi) is 8.90. The lowest BCUT2D eigenvalue weighted by molar-refractivity contribution is -0.137. The number of anilines is 1. The zero-order valence-electron chi connectivity index (χ0n) is 26.6. The normalized spacial score (nSPS) is 18.0. The number of nitrogens with one attached hydrogen (secondary N) is 1. The number of rotatable bonds is 7. The van der Waals surface area contributed by atoms with Crippen LogP contribution in [0.3, 0.4) is 0 Å². The number of aryl methyl sites for hydroxylation is 1. The topological polar surface area (TPSA) is 122 Å². The Labute approximate surface area is 258 Å². The van der Waals surface area contributed by atoms with Crippen molar-refractivity contribution in [3.8, 4) is 11.6 Å². The largest absolute Gasteiger partial charge is 0.494 e. The van der Waals surface area contributed by atoms with E-state index in [1.165, 1.54) is 7.11 Å². The molecule has 3 N–H and O–H groups in total. The number of primary amides is 1. The Hall–Kier alpha value is -4.09. The summed E-state index contributed by atoms with van der Waals surface area (Å²) in [5.74, 6) is 0.156. The molecule has 1 atom stereocenters. The lowest BCUT2D eigenvalue weighted by atomic mass is 9.85. The lowest BCUT2D eigenvalue weighted by Gasteiger charge is -2.37. The lowest BCUT2D eigenvalue weighted by Crippen LogP contribution is -2.52. The fourth-order valence-electron chi connectivity index (χ4n) is 6.29. The third-order valence-corrected chi connectivity index (χ3v) is 8.84. The van der Waals surface area contributed by atoms with Crippen LogP contribution in [0.1, 0.15) is 55.1 Å². The van der Waals surface area contributed by atoms with Gasteiger partial charge in [0.25, 0.3) is 5.91 Å². The van der Waals surface area contributed by atoms with Crippen molar-refractivity contribution in [2.75, 3.05) is 52.2 Å². The molecule has 236 valence electrons. The number of nitrogens with zero attached hydrogens (tertiary/aromatic N) is 4. The second-order valence-electron chi connectivity index (χ2n) is 12.9. The molecule has 2 aromatic carbocycles. The van der Waals surface area contributed by atoms with Crippen molar-refractivity contribution in [1.29, 1.82) is 0 Å². The molecule has 2 aliphatic heterocycles. The number of likely N-dealkylation sites (N-methyl/N-ethyl adjacent to an activating group) is 1. The number of hydrogen-bond donors (Lipinski definition) is 2. The Morgan fingerprint density at radius 3 is 2.36 bits per heavy atom. The molecule has 0 saturated carbocycles. The molecular weight excluding hydrogens is 560 g/mol. The zero-order chi connectivity index (χ0) is 31.8. The molecular formula is C33H44N6O5. The van der Waals surface area contributed by atoms with Gasteiger partial charge in [-0.3, -0.25) is 24.7 Å². The number of hydrogen-bond acceptors (Lipinski definition) is 7. The summed E-state index contributed by atoms with van der Waals surface area (Å²) < 4.78 is 13.1. The molecule has 0 spiro atoms. The number of piperazine rings is 1. The molecule has 3 heterocycles. The highest BCUT2D eigenvalue weighted by atomic mass is 16.6. The average molecular weight is 605 g/mol. The van der Waals surface area contributed by atoms with E-state index < -0.39 is 12.0 Å². The first kappa shape index (κ1) is 31.3. The number of nitrogens with two attached hydrogens (primary N) is 1. The molecule has 1 aromatic heterocycles. The Bertz CT molecular complexity index is 1570. The second kappa shape index (κ2) is 12.5. The predicted octanol–water partition coefficient (Wildman–Crippen LogP) is 3.93. The number of amides is 3. The second-order valence-corrected chi connectivity index (χ2v) is 12.9. The van der Waals surface area contributed by atoms with Crippen LogP contribution in [0.4, 0.5) is 10.5 Å². The Balaban J connectivity index is 1.30. The van der Waals surface area contributed by atoms with Gasteiger partial charge in [-0.2, -0.15) is 0 Å². The van der Waals surface area contributed by atoms with Gasteiger partial charge >= 0.3 is 6.09 Å². The predicted molar refractivity (Wildman–Crippen MR) is 170 cm³/mol. The number of carbonyl (C=O) groups excluding carboxylic acids is 3. The van der Waals surface area contributed by atoms with Crippen LogP contribution in [0.25, 0.3) is 10.9 Å². The van der Waals surface area contributed by atoms with Gasteiger partial charge in [-0.05, 0) is 55.1 Å². The smallest absolute Gasteiger partial charge is 0.418 e. The van der Waals surface area contributed by atoms with Crippen molar-refractivity contribution in [2.24, 2.45) is 12.8 Å². The van der Waals surface area contributed by atoms with Crippen LogP contribution in [0, 0.1) is 0 Å². The fraction of sp³-hybridized carbons (Fsp3) is 0.485. The maximum atomic E-state index is 13.2. The van der Waals surface area contributed by atoms with Crippen LogP contribution in [-0.2, 0) is 23.8 Å². The number of aromatic nitrogens is 1. The van der Waals surface area contributed by atoms with Crippen LogP contribution in [0.15, 0.2) is 36.4 Å². The fourth-order valence-corrected chi connectivity index (χ4v) is 6.29. The van der Waals surface area contributed by atoms with Crippen LogP contribution < -0.4 is 20.5 Å². The third-order valence-electron chi connectivity index (χ3n) is 8.84. The van der Waals surface area contributed by atoms with Gasteiger partial charge in [0, 0.05) is 51.2 Å². The average Bonchev–Trinajstić information content (AvgIpc) is 3.54. The van der Waals surface area contributed by atoms with E-state index in [1.54, 1.807) is 12.1 Å². The van der Waals surface area contributed by atoms with Crippen molar-refractivity contribution in [1.82, 2.24) is 19.3 Å². The van der Waals surface area contributed by atoms with Crippen LogP contribution in [0.2, 0.25) is 0 Å². The standard InChI is InChI=1S/C33H44N6O5/c1-33(2,3)23-18-24(30(34)40)29(43-6)25(19-23)35-32(42)44-27-17-21-9-7-10-22(28(21)37(27)5)20-38-13-15-39(16-14-38)31(41)26-11-8-12-36(26)4/h7,9-10,17-19,26H,8,11-16,20H2,1-6H3,(H2,34,40)(H,35,42)/t26-/m0/s1. The van der Waals surface area contributed by atoms with Gasteiger partial charge in [-0.15, -0.1) is 0 Å². The van der Waals surface area contributed by atoms with E-state index in [4.69, 9.17) is 15.2 Å². The molecule has 0 unspecified atom stereocenters. The van der Waals surface area contributed by atoms with E-state index in [9.17, 15) is 14.4 Å². The number of para-hydroxylation sites is 1. The third kappa shape index (κ3) is 6.39. The highest BCUT2D eigenvalue weighted by Gasteiger charge is 2.33. The van der Waals surface area contributed by atoms with E-state index in [0.717, 1.165) is 74.1 Å². The SMILES string of the molecule is COc1c(NC(=O)Oc2cc3cccc(CN4CCN(C(=O)[C@@H]5CCCN5C)CC4)c3n2C)cc(C(C)(C)C)cc1C(N)=O. The quantitative estimate of drug-likeness (QED) is 0.419. The monoisotopic (exact) mass is 604 g/mol. The maximum absolute atomic E-state index is 13.2. The van der Waals surface area contributed by atoms with E-state index in [-0.39, 0.29) is 28.7 Å². The first-order valence-corrected chi connectivity index (χ1v) is 15.2. The van der Waals surface area contributed by atoms with E-state index >= 15 is 0 Å². The summed E-state index contributed by atoms with van der Waals surface area (Å²) in [6.07, 6.45) is 1.31. The molecule has 5 rings (SSSR count). The zero-order valence-corrected chi connectivity index (χ0v) is 26.6. The molecule has 44 heavy (non-hydrogen) atoms. The van der Waals surface area contributed by atoms with Crippen molar-refractivity contribution < 1.29 is 23.9 Å². The summed E-state index contributed by atoms with van der Waals surface area (Å²) >= 11 is 0. The minimum atomic E-state index is -0.717. The number of likely N-dealkylation sites (tertiary alicyclic amines) is 1. The van der Waals surface area contributed by atoms with E-state index in [1.807, 2.05) is 62.5 Å². The molecule has 11 heteroatoms. The molecule has 2 saturated heterocycles. The highest BCUT2D eigenvalue weighted by Crippen LogP contribution is 2.36. The Morgan fingerprint density at radius 2 is 1.75 bits per heavy atom. The summed E-state index contributed by atoms with van der Waals surface area (Å²) in [7, 11) is 5.33. The molecule has 11 nitrogen and oxygen atoms in total. The van der Waals surface area contributed by atoms with Crippen molar-refractivity contribution >= 4 is 34.5 Å². The molecule has 0 aliphatic carbocycles. The van der Waals surface area contributed by atoms with Gasteiger partial charge in [0.15, 0.2) is 5.75 Å². The molecule has 0 radical (unpaired) electrons. The first-order valence-electron chi connectivity index (χ1n) is 15.2. The minimum absolute atomic E-state index is 0.0167. The van der Waals surface area contributed by atoms with Crippen molar-refractivity contribution in [3.63, 3.8) is 0 Å².